The number of hydrogen-bond acceptors (Lipinski definition) is 4. The fourth-order valence-electron chi connectivity index (χ4n) is 4.24. The van der Waals surface area contributed by atoms with Crippen LogP contribution in [-0.2, 0) is 20.9 Å². The van der Waals surface area contributed by atoms with E-state index in [4.69, 9.17) is 0 Å². The van der Waals surface area contributed by atoms with Crippen molar-refractivity contribution in [1.82, 2.24) is 4.90 Å². The smallest absolute Gasteiger partial charge is 0.255 e. The number of likely N-dealkylation sites (tertiary alicyclic amines) is 1. The Kier molecular flexibility index (Phi) is 6.82. The molecule has 4 rings (SSSR count). The number of nitrogens with one attached hydrogen (secondary N) is 2. The van der Waals surface area contributed by atoms with Crippen molar-refractivity contribution >= 4 is 35.0 Å². The van der Waals surface area contributed by atoms with Crippen molar-refractivity contribution in [3.8, 4) is 0 Å². The lowest BCUT2D eigenvalue weighted by Gasteiger charge is -2.21. The van der Waals surface area contributed by atoms with Crippen LogP contribution in [-0.4, -0.2) is 28.5 Å². The maximum absolute atomic E-state index is 14.2. The summed E-state index contributed by atoms with van der Waals surface area (Å²) in [5.41, 5.74) is 1.51. The van der Waals surface area contributed by atoms with Crippen LogP contribution in [0.4, 0.5) is 15.8 Å². The highest BCUT2D eigenvalue weighted by Gasteiger charge is 2.28. The zero-order chi connectivity index (χ0) is 23.4. The fourth-order valence-corrected chi connectivity index (χ4v) is 4.24. The Bertz CT molecular complexity index is 1060. The van der Waals surface area contributed by atoms with Gasteiger partial charge >= 0.3 is 0 Å². The molecule has 2 N–H and O–H groups in total. The summed E-state index contributed by atoms with van der Waals surface area (Å²) in [6.45, 7) is 0.182. The standard InChI is InChI=1S/C25H26FN3O4/c26-20-11-10-19(14-21(20)28-25(33)17-4-2-1-3-5-17)27-24(32)18-8-6-16(7-9-18)15-29-22(30)12-13-23(29)31/h6-11,14,17H,1-5,12-13,15H2,(H,27,32)(H,28,33). The zero-order valence-electron chi connectivity index (χ0n) is 18.2. The molecule has 1 saturated carbocycles. The third-order valence-corrected chi connectivity index (χ3v) is 6.17. The molecule has 2 aliphatic rings. The van der Waals surface area contributed by atoms with Crippen molar-refractivity contribution in [3.05, 3.63) is 59.4 Å². The van der Waals surface area contributed by atoms with Crippen molar-refractivity contribution in [2.24, 2.45) is 5.92 Å². The Morgan fingerprint density at radius 1 is 0.909 bits per heavy atom. The second-order valence-electron chi connectivity index (χ2n) is 8.54. The molecule has 172 valence electrons. The number of carbonyl (C=O) groups excluding carboxylic acids is 4. The summed E-state index contributed by atoms with van der Waals surface area (Å²) in [5.74, 6) is -1.64. The molecule has 0 radical (unpaired) electrons. The number of rotatable bonds is 6. The van der Waals surface area contributed by atoms with E-state index < -0.39 is 11.7 Å². The van der Waals surface area contributed by atoms with Crippen molar-refractivity contribution in [1.29, 1.82) is 0 Å². The molecule has 1 aliphatic carbocycles. The quantitative estimate of drug-likeness (QED) is 0.642. The first-order valence-corrected chi connectivity index (χ1v) is 11.2. The van der Waals surface area contributed by atoms with E-state index in [1.54, 1.807) is 24.3 Å². The van der Waals surface area contributed by atoms with Gasteiger partial charge in [-0.1, -0.05) is 31.4 Å². The van der Waals surface area contributed by atoms with E-state index in [0.29, 0.717) is 11.3 Å². The monoisotopic (exact) mass is 451 g/mol. The highest BCUT2D eigenvalue weighted by molar-refractivity contribution is 6.05. The summed E-state index contributed by atoms with van der Waals surface area (Å²) < 4.78 is 14.2. The Hall–Kier alpha value is -3.55. The van der Waals surface area contributed by atoms with Gasteiger partial charge in [0.2, 0.25) is 17.7 Å². The highest BCUT2D eigenvalue weighted by Crippen LogP contribution is 2.27. The number of carbonyl (C=O) groups is 4. The highest BCUT2D eigenvalue weighted by atomic mass is 19.1. The van der Waals surface area contributed by atoms with Gasteiger partial charge in [-0.15, -0.1) is 0 Å². The van der Waals surface area contributed by atoms with Gasteiger partial charge < -0.3 is 10.6 Å². The van der Waals surface area contributed by atoms with Crippen LogP contribution >= 0.6 is 0 Å². The van der Waals surface area contributed by atoms with Crippen LogP contribution in [0.2, 0.25) is 0 Å². The van der Waals surface area contributed by atoms with E-state index in [0.717, 1.165) is 37.7 Å². The molecule has 33 heavy (non-hydrogen) atoms. The fraction of sp³-hybridized carbons (Fsp3) is 0.360. The maximum Gasteiger partial charge on any atom is 0.255 e. The first-order chi connectivity index (χ1) is 15.9. The molecule has 0 spiro atoms. The SMILES string of the molecule is O=C(Nc1ccc(F)c(NC(=O)C2CCCCC2)c1)c1ccc(CN2C(=O)CCC2=O)cc1. The molecular formula is C25H26FN3O4. The topological polar surface area (TPSA) is 95.6 Å². The number of halogens is 1. The molecule has 1 saturated heterocycles. The molecule has 0 unspecified atom stereocenters. The first kappa shape index (κ1) is 22.6. The van der Waals surface area contributed by atoms with Crippen LogP contribution in [0.1, 0.15) is 60.9 Å². The molecule has 0 atom stereocenters. The number of anilines is 2. The van der Waals surface area contributed by atoms with Crippen molar-refractivity contribution < 1.29 is 23.6 Å². The summed E-state index contributed by atoms with van der Waals surface area (Å²) in [6, 6.07) is 10.6. The normalized spacial score (nSPS) is 16.7. The van der Waals surface area contributed by atoms with Gasteiger partial charge in [-0.2, -0.15) is 0 Å². The molecule has 2 fully saturated rings. The molecule has 2 aromatic rings. The van der Waals surface area contributed by atoms with Crippen molar-refractivity contribution in [2.75, 3.05) is 10.6 Å². The summed E-state index contributed by atoms with van der Waals surface area (Å²) >= 11 is 0. The minimum Gasteiger partial charge on any atom is -0.323 e. The van der Waals surface area contributed by atoms with E-state index >= 15 is 0 Å². The molecule has 0 aromatic heterocycles. The summed E-state index contributed by atoms with van der Waals surface area (Å²) in [7, 11) is 0. The van der Waals surface area contributed by atoms with Gasteiger partial charge in [0.1, 0.15) is 5.82 Å². The largest absolute Gasteiger partial charge is 0.323 e. The van der Waals surface area contributed by atoms with Gasteiger partial charge in [0, 0.05) is 30.0 Å². The minimum absolute atomic E-state index is 0.0404. The molecule has 7 nitrogen and oxygen atoms in total. The predicted molar refractivity (Wildman–Crippen MR) is 121 cm³/mol. The second-order valence-corrected chi connectivity index (χ2v) is 8.54. The lowest BCUT2D eigenvalue weighted by atomic mass is 9.88. The van der Waals surface area contributed by atoms with Crippen LogP contribution in [0.25, 0.3) is 0 Å². The Labute approximate surface area is 191 Å². The van der Waals surface area contributed by atoms with Crippen LogP contribution in [0.5, 0.6) is 0 Å². The molecule has 8 heteroatoms. The lowest BCUT2D eigenvalue weighted by Crippen LogP contribution is -2.28. The van der Waals surface area contributed by atoms with Gasteiger partial charge in [0.05, 0.1) is 12.2 Å². The average Bonchev–Trinajstić information content (AvgIpc) is 3.14. The Morgan fingerprint density at radius 2 is 1.58 bits per heavy atom. The number of imide groups is 1. The van der Waals surface area contributed by atoms with Gasteiger partial charge in [-0.25, -0.2) is 4.39 Å². The summed E-state index contributed by atoms with van der Waals surface area (Å²) in [5, 5.41) is 5.37. The lowest BCUT2D eigenvalue weighted by molar-refractivity contribution is -0.139. The van der Waals surface area contributed by atoms with Crippen molar-refractivity contribution in [2.45, 2.75) is 51.5 Å². The zero-order valence-corrected chi connectivity index (χ0v) is 18.2. The number of hydrogen-bond donors (Lipinski definition) is 2. The first-order valence-electron chi connectivity index (χ1n) is 11.2. The number of benzene rings is 2. The minimum atomic E-state index is -0.562. The second kappa shape index (κ2) is 9.94. The summed E-state index contributed by atoms with van der Waals surface area (Å²) in [6.07, 6.45) is 5.20. The van der Waals surface area contributed by atoms with Crippen molar-refractivity contribution in [3.63, 3.8) is 0 Å². The molecular weight excluding hydrogens is 425 g/mol. The van der Waals surface area contributed by atoms with Crippen LogP contribution in [0.15, 0.2) is 42.5 Å². The molecule has 1 aliphatic heterocycles. The third kappa shape index (κ3) is 5.45. The van der Waals surface area contributed by atoms with E-state index in [1.165, 1.54) is 23.1 Å². The van der Waals surface area contributed by atoms with Gasteiger partial charge in [-0.3, -0.25) is 24.1 Å². The van der Waals surface area contributed by atoms with Gasteiger partial charge in [0.15, 0.2) is 0 Å². The average molecular weight is 451 g/mol. The van der Waals surface area contributed by atoms with Crippen LogP contribution in [0, 0.1) is 11.7 Å². The van der Waals surface area contributed by atoms with E-state index in [2.05, 4.69) is 10.6 Å². The van der Waals surface area contributed by atoms with E-state index in [9.17, 15) is 23.6 Å². The maximum atomic E-state index is 14.2. The van der Waals surface area contributed by atoms with Gasteiger partial charge in [-0.05, 0) is 48.7 Å². The van der Waals surface area contributed by atoms with E-state index in [1.807, 2.05) is 0 Å². The van der Waals surface area contributed by atoms with Gasteiger partial charge in [0.25, 0.3) is 5.91 Å². The number of nitrogens with zero attached hydrogens (tertiary/aromatic N) is 1. The summed E-state index contributed by atoms with van der Waals surface area (Å²) in [4.78, 5) is 49.8. The van der Waals surface area contributed by atoms with Crippen LogP contribution in [0.3, 0.4) is 0 Å². The third-order valence-electron chi connectivity index (χ3n) is 6.17. The predicted octanol–water partition coefficient (Wildman–Crippen LogP) is 4.25. The Morgan fingerprint density at radius 3 is 2.24 bits per heavy atom. The molecule has 0 bridgehead atoms. The molecule has 2 aromatic carbocycles. The molecule has 4 amide bonds. The molecule has 1 heterocycles. The van der Waals surface area contributed by atoms with E-state index in [-0.39, 0.29) is 48.7 Å². The number of amides is 4. The Balaban J connectivity index is 1.38. The van der Waals surface area contributed by atoms with Crippen LogP contribution < -0.4 is 10.6 Å².